The number of amides is 1. The number of hydrogen-bond acceptors (Lipinski definition) is 3. The number of nitrogens with zero attached hydrogens (tertiary/aromatic N) is 2. The van der Waals surface area contributed by atoms with Gasteiger partial charge in [0.25, 0.3) is 11.5 Å². The molecular weight excluding hydrogens is 362 g/mol. The van der Waals surface area contributed by atoms with E-state index in [2.05, 4.69) is 24.4 Å². The first-order valence-corrected chi connectivity index (χ1v) is 11.0. The Hall–Kier alpha value is -2.56. The standard InChI is InChI=1S/C24H29N3O2/c1-2-6-20-17-13-18(21-10-4-11-22(28)27(20)21)15-26(14-17)24(29)19-9-3-7-16-8-5-12-25-23(16)19/h3-4,7,9-11,17-18,20,25H,2,5-6,8,12-15H2,1H3/t17-,18+,20-/m0/s1. The molecule has 3 aliphatic heterocycles. The third-order valence-electron chi connectivity index (χ3n) is 6.98. The topological polar surface area (TPSA) is 54.3 Å². The molecule has 4 heterocycles. The smallest absolute Gasteiger partial charge is 0.255 e. The zero-order chi connectivity index (χ0) is 20.0. The van der Waals surface area contributed by atoms with Gasteiger partial charge in [-0.15, -0.1) is 0 Å². The Kier molecular flexibility index (Phi) is 4.69. The van der Waals surface area contributed by atoms with Gasteiger partial charge in [0.15, 0.2) is 0 Å². The van der Waals surface area contributed by atoms with Crippen molar-refractivity contribution in [2.45, 2.75) is 51.0 Å². The number of piperidine rings is 1. The maximum atomic E-state index is 13.6. The van der Waals surface area contributed by atoms with Crippen LogP contribution in [0, 0.1) is 5.92 Å². The third kappa shape index (κ3) is 3.07. The average molecular weight is 392 g/mol. The molecule has 3 atom stereocenters. The molecule has 1 aromatic heterocycles. The van der Waals surface area contributed by atoms with Crippen LogP contribution < -0.4 is 10.9 Å². The van der Waals surface area contributed by atoms with Gasteiger partial charge in [-0.1, -0.05) is 31.5 Å². The molecule has 3 aliphatic rings. The molecule has 2 aromatic rings. The second kappa shape index (κ2) is 7.36. The molecule has 1 amide bonds. The summed E-state index contributed by atoms with van der Waals surface area (Å²) in [6.07, 6.45) is 5.24. The number of para-hydroxylation sites is 1. The van der Waals surface area contributed by atoms with Gasteiger partial charge in [0.05, 0.1) is 11.3 Å². The highest BCUT2D eigenvalue weighted by Gasteiger charge is 2.41. The molecule has 0 spiro atoms. The van der Waals surface area contributed by atoms with Crippen molar-refractivity contribution in [3.63, 3.8) is 0 Å². The van der Waals surface area contributed by atoms with Crippen LogP contribution in [0.4, 0.5) is 5.69 Å². The summed E-state index contributed by atoms with van der Waals surface area (Å²) in [6, 6.07) is 11.9. The van der Waals surface area contributed by atoms with Crippen LogP contribution in [0.15, 0.2) is 41.2 Å². The van der Waals surface area contributed by atoms with Gasteiger partial charge in [0.1, 0.15) is 0 Å². The number of aryl methyl sites for hydroxylation is 1. The van der Waals surface area contributed by atoms with Crippen LogP contribution >= 0.6 is 0 Å². The van der Waals surface area contributed by atoms with Crippen LogP contribution in [0.3, 0.4) is 0 Å². The molecule has 1 fully saturated rings. The molecular formula is C24H29N3O2. The molecule has 5 rings (SSSR count). The van der Waals surface area contributed by atoms with Gasteiger partial charge in [0, 0.05) is 43.4 Å². The molecule has 1 saturated heterocycles. The summed E-state index contributed by atoms with van der Waals surface area (Å²) in [6.45, 7) is 4.54. The van der Waals surface area contributed by atoms with Gasteiger partial charge >= 0.3 is 0 Å². The minimum atomic E-state index is 0.108. The van der Waals surface area contributed by atoms with Gasteiger partial charge in [-0.05, 0) is 49.3 Å². The van der Waals surface area contributed by atoms with E-state index in [1.807, 2.05) is 27.7 Å². The normalized spacial score (nSPS) is 25.0. The van der Waals surface area contributed by atoms with Crippen LogP contribution in [0.25, 0.3) is 0 Å². The van der Waals surface area contributed by atoms with Gasteiger partial charge in [-0.25, -0.2) is 0 Å². The van der Waals surface area contributed by atoms with Crippen molar-refractivity contribution in [1.29, 1.82) is 0 Å². The molecule has 0 saturated carbocycles. The van der Waals surface area contributed by atoms with Crippen molar-refractivity contribution in [1.82, 2.24) is 9.47 Å². The van der Waals surface area contributed by atoms with Crippen LogP contribution in [0.1, 0.15) is 66.2 Å². The molecule has 2 bridgehead atoms. The van der Waals surface area contributed by atoms with Gasteiger partial charge in [-0.2, -0.15) is 0 Å². The number of carbonyl (C=O) groups is 1. The average Bonchev–Trinajstić information content (AvgIpc) is 2.76. The van der Waals surface area contributed by atoms with Crippen molar-refractivity contribution in [2.24, 2.45) is 5.92 Å². The first-order chi connectivity index (χ1) is 14.2. The van der Waals surface area contributed by atoms with Gasteiger partial charge < -0.3 is 14.8 Å². The van der Waals surface area contributed by atoms with Crippen LogP contribution in [0.5, 0.6) is 0 Å². The second-order valence-corrected chi connectivity index (χ2v) is 8.79. The molecule has 0 radical (unpaired) electrons. The lowest BCUT2D eigenvalue weighted by atomic mass is 9.77. The summed E-state index contributed by atoms with van der Waals surface area (Å²) in [5, 5.41) is 3.46. The zero-order valence-corrected chi connectivity index (χ0v) is 17.1. The van der Waals surface area contributed by atoms with E-state index in [0.717, 1.165) is 62.1 Å². The van der Waals surface area contributed by atoms with Crippen LogP contribution in [-0.4, -0.2) is 35.0 Å². The summed E-state index contributed by atoms with van der Waals surface area (Å²) in [4.78, 5) is 28.3. The number of aromatic nitrogens is 1. The Morgan fingerprint density at radius 3 is 2.90 bits per heavy atom. The van der Waals surface area contributed by atoms with Crippen molar-refractivity contribution >= 4 is 11.6 Å². The fourth-order valence-corrected chi connectivity index (χ4v) is 5.73. The van der Waals surface area contributed by atoms with E-state index < -0.39 is 0 Å². The first-order valence-electron chi connectivity index (χ1n) is 11.0. The molecule has 1 aromatic carbocycles. The molecule has 1 N–H and O–H groups in total. The monoisotopic (exact) mass is 391 g/mol. The summed E-state index contributed by atoms with van der Waals surface area (Å²) in [7, 11) is 0. The molecule has 29 heavy (non-hydrogen) atoms. The van der Waals surface area contributed by atoms with E-state index in [-0.39, 0.29) is 23.4 Å². The number of likely N-dealkylation sites (tertiary alicyclic amines) is 1. The predicted molar refractivity (Wildman–Crippen MR) is 115 cm³/mol. The third-order valence-corrected chi connectivity index (χ3v) is 6.98. The van der Waals surface area contributed by atoms with Crippen LogP contribution in [0.2, 0.25) is 0 Å². The summed E-state index contributed by atoms with van der Waals surface area (Å²) in [5.41, 5.74) is 4.30. The Morgan fingerprint density at radius 1 is 1.17 bits per heavy atom. The summed E-state index contributed by atoms with van der Waals surface area (Å²) >= 11 is 0. The lowest BCUT2D eigenvalue weighted by molar-refractivity contribution is 0.0519. The largest absolute Gasteiger partial charge is 0.384 e. The fraction of sp³-hybridized carbons (Fsp3) is 0.500. The van der Waals surface area contributed by atoms with E-state index in [0.29, 0.717) is 12.5 Å². The van der Waals surface area contributed by atoms with E-state index in [4.69, 9.17) is 0 Å². The number of anilines is 1. The van der Waals surface area contributed by atoms with E-state index in [1.54, 1.807) is 6.07 Å². The number of pyridine rings is 1. The molecule has 5 nitrogen and oxygen atoms in total. The van der Waals surface area contributed by atoms with E-state index >= 15 is 0 Å². The highest BCUT2D eigenvalue weighted by molar-refractivity contribution is 6.00. The highest BCUT2D eigenvalue weighted by atomic mass is 16.2. The van der Waals surface area contributed by atoms with Gasteiger partial charge in [0.2, 0.25) is 0 Å². The van der Waals surface area contributed by atoms with Gasteiger partial charge in [-0.3, -0.25) is 9.59 Å². The Labute approximate surface area is 171 Å². The lowest BCUT2D eigenvalue weighted by Gasteiger charge is -2.47. The quantitative estimate of drug-likeness (QED) is 0.866. The molecule has 0 aliphatic carbocycles. The molecule has 152 valence electrons. The minimum absolute atomic E-state index is 0.108. The number of hydrogen-bond donors (Lipinski definition) is 1. The number of benzene rings is 1. The van der Waals surface area contributed by atoms with Crippen molar-refractivity contribution < 1.29 is 4.79 Å². The Balaban J connectivity index is 1.50. The highest BCUT2D eigenvalue weighted by Crippen LogP contribution is 2.43. The maximum absolute atomic E-state index is 13.6. The minimum Gasteiger partial charge on any atom is -0.384 e. The number of fused-ring (bicyclic) bond motifs is 5. The zero-order valence-electron chi connectivity index (χ0n) is 17.1. The number of nitrogens with one attached hydrogen (secondary N) is 1. The Bertz CT molecular complexity index is 996. The van der Waals surface area contributed by atoms with Crippen molar-refractivity contribution in [2.75, 3.05) is 25.0 Å². The van der Waals surface area contributed by atoms with E-state index in [9.17, 15) is 9.59 Å². The number of rotatable bonds is 3. The SMILES string of the molecule is CCC[C@H]1[C@H]2C[C@H](CN(C(=O)c3cccc4c3NCCC4)C2)c2cccc(=O)n21. The van der Waals surface area contributed by atoms with Crippen molar-refractivity contribution in [3.05, 3.63) is 63.6 Å². The second-order valence-electron chi connectivity index (χ2n) is 8.79. The van der Waals surface area contributed by atoms with E-state index in [1.165, 1.54) is 5.56 Å². The Morgan fingerprint density at radius 2 is 2.03 bits per heavy atom. The lowest BCUT2D eigenvalue weighted by Crippen LogP contribution is -2.51. The molecule has 0 unspecified atom stereocenters. The fourth-order valence-electron chi connectivity index (χ4n) is 5.73. The van der Waals surface area contributed by atoms with Crippen molar-refractivity contribution in [3.8, 4) is 0 Å². The summed E-state index contributed by atoms with van der Waals surface area (Å²) < 4.78 is 2.04. The summed E-state index contributed by atoms with van der Waals surface area (Å²) in [5.74, 6) is 0.720. The maximum Gasteiger partial charge on any atom is 0.255 e. The van der Waals surface area contributed by atoms with Crippen LogP contribution in [-0.2, 0) is 6.42 Å². The first kappa shape index (κ1) is 18.5. The predicted octanol–water partition coefficient (Wildman–Crippen LogP) is 3.81. The number of carbonyl (C=O) groups excluding carboxylic acids is 1. The molecule has 5 heteroatoms.